The number of hydrogen-bond acceptors (Lipinski definition) is 3. The van der Waals surface area contributed by atoms with Gasteiger partial charge in [0, 0.05) is 9.35 Å². The number of nitrogens with one attached hydrogen (secondary N) is 1. The Morgan fingerprint density at radius 2 is 2.05 bits per heavy atom. The van der Waals surface area contributed by atoms with Crippen LogP contribution in [0, 0.1) is 20.8 Å². The summed E-state index contributed by atoms with van der Waals surface area (Å²) in [6.07, 6.45) is 1.12. The molecular formula is C16H21BrN2S. The summed E-state index contributed by atoms with van der Waals surface area (Å²) in [7, 11) is 0. The molecule has 0 fully saturated rings. The van der Waals surface area contributed by atoms with E-state index in [1.165, 1.54) is 16.0 Å². The van der Waals surface area contributed by atoms with Gasteiger partial charge in [-0.1, -0.05) is 35.0 Å². The molecule has 0 aliphatic carbocycles. The molecule has 1 aromatic heterocycles. The third-order valence-corrected chi connectivity index (χ3v) is 5.43. The Morgan fingerprint density at radius 1 is 1.30 bits per heavy atom. The van der Waals surface area contributed by atoms with Crippen LogP contribution in [0.15, 0.2) is 22.7 Å². The smallest absolute Gasteiger partial charge is 0.115 e. The molecule has 1 unspecified atom stereocenters. The van der Waals surface area contributed by atoms with Crippen molar-refractivity contribution in [1.29, 1.82) is 0 Å². The Morgan fingerprint density at radius 3 is 2.60 bits per heavy atom. The summed E-state index contributed by atoms with van der Waals surface area (Å²) in [6.45, 7) is 9.54. The van der Waals surface area contributed by atoms with Crippen molar-refractivity contribution < 1.29 is 0 Å². The van der Waals surface area contributed by atoms with Crippen molar-refractivity contribution in [3.8, 4) is 0 Å². The summed E-state index contributed by atoms with van der Waals surface area (Å²) >= 11 is 5.36. The topological polar surface area (TPSA) is 24.9 Å². The van der Waals surface area contributed by atoms with Crippen LogP contribution in [-0.4, -0.2) is 11.5 Å². The maximum absolute atomic E-state index is 4.74. The molecule has 2 nitrogen and oxygen atoms in total. The summed E-state index contributed by atoms with van der Waals surface area (Å²) in [6, 6.07) is 6.73. The van der Waals surface area contributed by atoms with Crippen LogP contribution in [0.1, 0.15) is 46.1 Å². The fourth-order valence-electron chi connectivity index (χ4n) is 2.10. The van der Waals surface area contributed by atoms with Gasteiger partial charge in [0.1, 0.15) is 5.01 Å². The molecule has 0 radical (unpaired) electrons. The second-order valence-electron chi connectivity index (χ2n) is 5.09. The quantitative estimate of drug-likeness (QED) is 0.825. The van der Waals surface area contributed by atoms with Gasteiger partial charge in [0.2, 0.25) is 0 Å². The van der Waals surface area contributed by atoms with Crippen molar-refractivity contribution in [2.45, 2.75) is 40.2 Å². The highest BCUT2D eigenvalue weighted by molar-refractivity contribution is 9.10. The molecule has 0 amide bonds. The van der Waals surface area contributed by atoms with Crippen LogP contribution in [0.5, 0.6) is 0 Å². The van der Waals surface area contributed by atoms with E-state index in [0.717, 1.165) is 28.1 Å². The van der Waals surface area contributed by atoms with E-state index in [1.54, 1.807) is 11.3 Å². The zero-order valence-electron chi connectivity index (χ0n) is 12.5. The minimum Gasteiger partial charge on any atom is -0.304 e. The summed E-state index contributed by atoms with van der Waals surface area (Å²) < 4.78 is 1.15. The first-order chi connectivity index (χ1) is 9.52. The lowest BCUT2D eigenvalue weighted by molar-refractivity contribution is 0.595. The molecule has 2 aromatic rings. The van der Waals surface area contributed by atoms with Crippen LogP contribution in [0.4, 0.5) is 0 Å². The van der Waals surface area contributed by atoms with E-state index in [0.29, 0.717) is 0 Å². The van der Waals surface area contributed by atoms with Gasteiger partial charge in [0.25, 0.3) is 0 Å². The lowest BCUT2D eigenvalue weighted by atomic mass is 10.0. The van der Waals surface area contributed by atoms with Crippen LogP contribution < -0.4 is 5.32 Å². The van der Waals surface area contributed by atoms with Crippen molar-refractivity contribution in [3.05, 3.63) is 49.4 Å². The molecule has 1 atom stereocenters. The van der Waals surface area contributed by atoms with Gasteiger partial charge in [-0.25, -0.2) is 4.98 Å². The molecular weight excluding hydrogens is 332 g/mol. The first-order valence-corrected chi connectivity index (χ1v) is 8.57. The normalized spacial score (nSPS) is 12.7. The SMILES string of the molecule is CCCNC(c1ccc(Br)c(C)c1)c1nc(C)c(C)s1. The fourth-order valence-corrected chi connectivity index (χ4v) is 3.38. The number of aryl methyl sites for hydroxylation is 3. The standard InChI is InChI=1S/C16H21BrN2S/c1-5-8-18-15(16-19-11(3)12(4)20-16)13-6-7-14(17)10(2)9-13/h6-7,9,15,18H,5,8H2,1-4H3. The monoisotopic (exact) mass is 352 g/mol. The number of rotatable bonds is 5. The van der Waals surface area contributed by atoms with Gasteiger partial charge >= 0.3 is 0 Å². The second-order valence-corrected chi connectivity index (χ2v) is 7.18. The molecule has 0 saturated heterocycles. The van der Waals surface area contributed by atoms with Crippen molar-refractivity contribution in [2.24, 2.45) is 0 Å². The van der Waals surface area contributed by atoms with E-state index in [2.05, 4.69) is 67.1 Å². The van der Waals surface area contributed by atoms with Crippen LogP contribution in [0.2, 0.25) is 0 Å². The molecule has 1 heterocycles. The lowest BCUT2D eigenvalue weighted by Gasteiger charge is -2.17. The van der Waals surface area contributed by atoms with E-state index in [-0.39, 0.29) is 6.04 Å². The highest BCUT2D eigenvalue weighted by atomic mass is 79.9. The number of nitrogens with zero attached hydrogens (tertiary/aromatic N) is 1. The van der Waals surface area contributed by atoms with E-state index in [1.807, 2.05) is 0 Å². The van der Waals surface area contributed by atoms with Gasteiger partial charge in [-0.2, -0.15) is 0 Å². The predicted molar refractivity (Wildman–Crippen MR) is 90.6 cm³/mol. The number of hydrogen-bond donors (Lipinski definition) is 1. The van der Waals surface area contributed by atoms with Gasteiger partial charge in [0.15, 0.2) is 0 Å². The van der Waals surface area contributed by atoms with Gasteiger partial charge in [0.05, 0.1) is 11.7 Å². The van der Waals surface area contributed by atoms with E-state index in [9.17, 15) is 0 Å². The zero-order chi connectivity index (χ0) is 14.7. The summed E-state index contributed by atoms with van der Waals surface area (Å²) in [4.78, 5) is 6.04. The first-order valence-electron chi connectivity index (χ1n) is 6.96. The molecule has 4 heteroatoms. The van der Waals surface area contributed by atoms with Crippen molar-refractivity contribution in [2.75, 3.05) is 6.54 Å². The van der Waals surface area contributed by atoms with Crippen LogP contribution >= 0.6 is 27.3 Å². The molecule has 20 heavy (non-hydrogen) atoms. The van der Waals surface area contributed by atoms with Crippen molar-refractivity contribution >= 4 is 27.3 Å². The van der Waals surface area contributed by atoms with E-state index < -0.39 is 0 Å². The number of thiazole rings is 1. The molecule has 2 rings (SSSR count). The Labute approximate surface area is 133 Å². The molecule has 1 aromatic carbocycles. The van der Waals surface area contributed by atoms with E-state index >= 15 is 0 Å². The molecule has 1 N–H and O–H groups in total. The zero-order valence-corrected chi connectivity index (χ0v) is 14.9. The third kappa shape index (κ3) is 3.48. The lowest BCUT2D eigenvalue weighted by Crippen LogP contribution is -2.23. The van der Waals surface area contributed by atoms with Gasteiger partial charge in [-0.05, 0) is 50.9 Å². The Hall–Kier alpha value is -0.710. The average molecular weight is 353 g/mol. The summed E-state index contributed by atoms with van der Waals surface area (Å²) in [5.74, 6) is 0. The predicted octanol–water partition coefficient (Wildman–Crippen LogP) is 4.92. The number of aromatic nitrogens is 1. The number of halogens is 1. The molecule has 0 saturated carbocycles. The maximum atomic E-state index is 4.74. The average Bonchev–Trinajstić information content (AvgIpc) is 2.74. The van der Waals surface area contributed by atoms with Crippen molar-refractivity contribution in [1.82, 2.24) is 10.3 Å². The van der Waals surface area contributed by atoms with Gasteiger partial charge in [-0.3, -0.25) is 0 Å². The Balaban J connectivity index is 2.38. The third-order valence-electron chi connectivity index (χ3n) is 3.41. The summed E-state index contributed by atoms with van der Waals surface area (Å²) in [5, 5.41) is 4.78. The molecule has 0 spiro atoms. The van der Waals surface area contributed by atoms with Gasteiger partial charge in [-0.15, -0.1) is 11.3 Å². The maximum Gasteiger partial charge on any atom is 0.115 e. The minimum atomic E-state index is 0.194. The highest BCUT2D eigenvalue weighted by Crippen LogP contribution is 2.30. The van der Waals surface area contributed by atoms with Gasteiger partial charge < -0.3 is 5.32 Å². The summed E-state index contributed by atoms with van der Waals surface area (Å²) in [5.41, 5.74) is 3.69. The molecule has 0 bridgehead atoms. The molecule has 108 valence electrons. The number of benzene rings is 1. The van der Waals surface area contributed by atoms with Crippen LogP contribution in [0.3, 0.4) is 0 Å². The minimum absolute atomic E-state index is 0.194. The largest absolute Gasteiger partial charge is 0.304 e. The second kappa shape index (κ2) is 6.83. The van der Waals surface area contributed by atoms with Crippen LogP contribution in [0.25, 0.3) is 0 Å². The highest BCUT2D eigenvalue weighted by Gasteiger charge is 2.18. The Kier molecular flexibility index (Phi) is 5.35. The molecule has 0 aliphatic rings. The first kappa shape index (κ1) is 15.7. The van der Waals surface area contributed by atoms with Crippen LogP contribution in [-0.2, 0) is 0 Å². The fraction of sp³-hybridized carbons (Fsp3) is 0.438. The Bertz CT molecular complexity index is 573. The van der Waals surface area contributed by atoms with Crippen molar-refractivity contribution in [3.63, 3.8) is 0 Å². The van der Waals surface area contributed by atoms with E-state index in [4.69, 9.17) is 4.98 Å². The molecule has 0 aliphatic heterocycles.